The van der Waals surface area contributed by atoms with Gasteiger partial charge in [-0.25, -0.2) is 0 Å². The molecule has 0 bridgehead atoms. The van der Waals surface area contributed by atoms with Crippen LogP contribution in [0.5, 0.6) is 11.5 Å². The third-order valence-corrected chi connectivity index (χ3v) is 5.92. The summed E-state index contributed by atoms with van der Waals surface area (Å²) in [4.78, 5) is 16.4. The number of nitrogens with zero attached hydrogens (tertiary/aromatic N) is 1. The Morgan fingerprint density at radius 2 is 1.92 bits per heavy atom. The van der Waals surface area contributed by atoms with E-state index in [9.17, 15) is 9.90 Å². The fourth-order valence-electron chi connectivity index (χ4n) is 4.17. The van der Waals surface area contributed by atoms with Gasteiger partial charge in [-0.2, -0.15) is 0 Å². The van der Waals surface area contributed by atoms with E-state index in [1.165, 1.54) is 10.5 Å². The van der Waals surface area contributed by atoms with Crippen LogP contribution in [0, 0.1) is 11.8 Å². The normalized spacial score (nSPS) is 24.5. The number of nitrogens with one attached hydrogen (secondary N) is 1. The molecule has 144 valence electrons. The highest BCUT2D eigenvalue weighted by atomic mass is 16.5. The quantitative estimate of drug-likeness (QED) is 0.842. The topological polar surface area (TPSA) is 54.2 Å². The fraction of sp³-hybridized carbons (Fsp3) is 0.667. The van der Waals surface area contributed by atoms with Crippen LogP contribution in [0.25, 0.3) is 0 Å². The molecule has 2 aliphatic heterocycles. The van der Waals surface area contributed by atoms with Crippen molar-refractivity contribution in [1.82, 2.24) is 4.90 Å². The van der Waals surface area contributed by atoms with Crippen LogP contribution in [0.4, 0.5) is 0 Å². The highest BCUT2D eigenvalue weighted by molar-refractivity contribution is 5.79. The number of piperidine rings is 2. The first kappa shape index (κ1) is 19.0. The predicted octanol–water partition coefficient (Wildman–Crippen LogP) is 1.84. The minimum atomic E-state index is 0.200. The Bertz CT molecular complexity index is 603. The van der Waals surface area contributed by atoms with Gasteiger partial charge in [0.1, 0.15) is 6.54 Å². The van der Waals surface area contributed by atoms with Crippen molar-refractivity contribution in [3.63, 3.8) is 0 Å². The largest absolute Gasteiger partial charge is 0.504 e. The second kappa shape index (κ2) is 8.76. The van der Waals surface area contributed by atoms with Crippen molar-refractivity contribution in [1.29, 1.82) is 0 Å². The van der Waals surface area contributed by atoms with Gasteiger partial charge in [0.2, 0.25) is 5.91 Å². The molecule has 26 heavy (non-hydrogen) atoms. The van der Waals surface area contributed by atoms with E-state index in [4.69, 9.17) is 4.74 Å². The molecular formula is C21H33N2O3+. The monoisotopic (exact) mass is 361 g/mol. The number of carbonyl (C=O) groups excluding carboxylic acids is 1. The number of amides is 1. The Labute approximate surface area is 156 Å². The zero-order chi connectivity index (χ0) is 18.5. The lowest BCUT2D eigenvalue weighted by molar-refractivity contribution is -0.919. The summed E-state index contributed by atoms with van der Waals surface area (Å²) < 4.78 is 5.48. The zero-order valence-corrected chi connectivity index (χ0v) is 16.2. The third-order valence-electron chi connectivity index (χ3n) is 5.92. The first-order chi connectivity index (χ1) is 12.6. The van der Waals surface area contributed by atoms with Crippen LogP contribution < -0.4 is 9.64 Å². The van der Waals surface area contributed by atoms with Crippen LogP contribution >= 0.6 is 0 Å². The van der Waals surface area contributed by atoms with Crippen molar-refractivity contribution < 1.29 is 19.5 Å². The van der Waals surface area contributed by atoms with E-state index in [2.05, 4.69) is 11.8 Å². The highest BCUT2D eigenvalue weighted by Crippen LogP contribution is 2.26. The Morgan fingerprint density at radius 3 is 2.58 bits per heavy atom. The number of likely N-dealkylation sites (tertiary alicyclic amines) is 2. The van der Waals surface area contributed by atoms with Crippen molar-refractivity contribution in [3.05, 3.63) is 23.8 Å². The molecule has 0 spiro atoms. The summed E-state index contributed by atoms with van der Waals surface area (Å²) in [5.74, 6) is 2.13. The van der Waals surface area contributed by atoms with E-state index < -0.39 is 0 Å². The SMILES string of the molecule is CCOc1cc(C[NH+]2CCC(C(=O)N3CCC(C)CC3)CC2)ccc1O. The standard InChI is InChI=1S/C21H32N2O3/c1-3-26-20-14-17(4-5-19(20)24)15-22-10-8-18(9-11-22)21(25)23-12-6-16(2)7-13-23/h4-5,14,16,18,24H,3,6-13,15H2,1-2H3/p+1. The van der Waals surface area contributed by atoms with E-state index >= 15 is 0 Å². The molecule has 1 aromatic carbocycles. The average molecular weight is 362 g/mol. The molecule has 2 aliphatic rings. The number of phenols is 1. The van der Waals surface area contributed by atoms with Crippen LogP contribution in [-0.4, -0.2) is 48.7 Å². The lowest BCUT2D eigenvalue weighted by Crippen LogP contribution is -3.11. The molecule has 1 amide bonds. The van der Waals surface area contributed by atoms with Gasteiger partial charge in [-0.3, -0.25) is 4.79 Å². The first-order valence-corrected chi connectivity index (χ1v) is 10.1. The molecule has 0 unspecified atom stereocenters. The van der Waals surface area contributed by atoms with Crippen molar-refractivity contribution in [3.8, 4) is 11.5 Å². The fourth-order valence-corrected chi connectivity index (χ4v) is 4.17. The van der Waals surface area contributed by atoms with E-state index in [0.29, 0.717) is 18.3 Å². The number of hydrogen-bond donors (Lipinski definition) is 2. The number of hydrogen-bond acceptors (Lipinski definition) is 3. The molecule has 2 saturated heterocycles. The van der Waals surface area contributed by atoms with Gasteiger partial charge >= 0.3 is 0 Å². The molecule has 2 fully saturated rings. The summed E-state index contributed by atoms with van der Waals surface area (Å²) in [7, 11) is 0. The Morgan fingerprint density at radius 1 is 1.23 bits per heavy atom. The third kappa shape index (κ3) is 4.70. The van der Waals surface area contributed by atoms with Crippen LogP contribution in [0.15, 0.2) is 18.2 Å². The molecule has 5 nitrogen and oxygen atoms in total. The number of phenolic OH excluding ortho intramolecular Hbond substituents is 1. The number of quaternary nitrogens is 1. The van der Waals surface area contributed by atoms with Crippen molar-refractivity contribution >= 4 is 5.91 Å². The molecule has 1 aromatic rings. The number of aromatic hydroxyl groups is 1. The van der Waals surface area contributed by atoms with Gasteiger partial charge in [0, 0.05) is 37.4 Å². The van der Waals surface area contributed by atoms with Crippen LogP contribution in [-0.2, 0) is 11.3 Å². The number of benzene rings is 1. The summed E-state index contributed by atoms with van der Waals surface area (Å²) in [6.45, 7) is 9.62. The van der Waals surface area contributed by atoms with Crippen LogP contribution in [0.1, 0.15) is 45.1 Å². The van der Waals surface area contributed by atoms with Gasteiger partial charge in [0.25, 0.3) is 0 Å². The number of ether oxygens (including phenoxy) is 1. The second-order valence-electron chi connectivity index (χ2n) is 7.94. The van der Waals surface area contributed by atoms with Gasteiger partial charge in [0.05, 0.1) is 19.7 Å². The maximum atomic E-state index is 12.8. The van der Waals surface area contributed by atoms with Crippen LogP contribution in [0.3, 0.4) is 0 Å². The minimum absolute atomic E-state index is 0.200. The molecule has 3 rings (SSSR count). The van der Waals surface area contributed by atoms with Gasteiger partial charge in [0.15, 0.2) is 11.5 Å². The number of rotatable bonds is 5. The second-order valence-corrected chi connectivity index (χ2v) is 7.94. The van der Waals surface area contributed by atoms with Crippen molar-refractivity contribution in [2.45, 2.75) is 46.1 Å². The van der Waals surface area contributed by atoms with Crippen molar-refractivity contribution in [2.75, 3.05) is 32.8 Å². The highest BCUT2D eigenvalue weighted by Gasteiger charge is 2.31. The lowest BCUT2D eigenvalue weighted by Gasteiger charge is -2.35. The van der Waals surface area contributed by atoms with Gasteiger partial charge in [-0.1, -0.05) is 6.92 Å². The molecule has 5 heteroatoms. The van der Waals surface area contributed by atoms with Crippen molar-refractivity contribution in [2.24, 2.45) is 11.8 Å². The molecule has 0 radical (unpaired) electrons. The Hall–Kier alpha value is -1.75. The molecule has 0 aliphatic carbocycles. The summed E-state index contributed by atoms with van der Waals surface area (Å²) in [6.07, 6.45) is 4.27. The van der Waals surface area contributed by atoms with Crippen LogP contribution in [0.2, 0.25) is 0 Å². The van der Waals surface area contributed by atoms with E-state index in [1.54, 1.807) is 6.07 Å². The molecule has 0 aromatic heterocycles. The summed E-state index contributed by atoms with van der Waals surface area (Å²) in [5, 5.41) is 9.83. The van der Waals surface area contributed by atoms with Gasteiger partial charge in [-0.15, -0.1) is 0 Å². The number of carbonyl (C=O) groups is 1. The molecule has 2 heterocycles. The molecular weight excluding hydrogens is 328 g/mol. The zero-order valence-electron chi connectivity index (χ0n) is 16.2. The van der Waals surface area contributed by atoms with Gasteiger partial charge in [-0.05, 0) is 43.9 Å². The predicted molar refractivity (Wildman–Crippen MR) is 101 cm³/mol. The first-order valence-electron chi connectivity index (χ1n) is 10.1. The van der Waals surface area contributed by atoms with E-state index in [-0.39, 0.29) is 11.7 Å². The summed E-state index contributed by atoms with van der Waals surface area (Å²) in [5.41, 5.74) is 1.18. The smallest absolute Gasteiger partial charge is 0.226 e. The molecule has 0 saturated carbocycles. The van der Waals surface area contributed by atoms with E-state index in [1.807, 2.05) is 19.1 Å². The average Bonchev–Trinajstić information content (AvgIpc) is 2.65. The summed E-state index contributed by atoms with van der Waals surface area (Å²) >= 11 is 0. The van der Waals surface area contributed by atoms with Gasteiger partial charge < -0.3 is 19.6 Å². The van der Waals surface area contributed by atoms with E-state index in [0.717, 1.165) is 64.3 Å². The molecule has 0 atom stereocenters. The lowest BCUT2D eigenvalue weighted by atomic mass is 9.92. The minimum Gasteiger partial charge on any atom is -0.504 e. The maximum Gasteiger partial charge on any atom is 0.226 e. The molecule has 2 N–H and O–H groups in total. The Kier molecular flexibility index (Phi) is 6.41. The summed E-state index contributed by atoms with van der Waals surface area (Å²) in [6, 6.07) is 5.63. The maximum absolute atomic E-state index is 12.8. The Balaban J connectivity index is 1.49.